The Balaban J connectivity index is 3.11. The number of anilines is 1. The average molecular weight is 256 g/mol. The summed E-state index contributed by atoms with van der Waals surface area (Å²) in [5.41, 5.74) is -0.773. The van der Waals surface area contributed by atoms with Crippen molar-refractivity contribution in [2.24, 2.45) is 5.10 Å². The topological polar surface area (TPSA) is 72.0 Å². The van der Waals surface area contributed by atoms with Gasteiger partial charge in [-0.05, 0) is 12.1 Å². The van der Waals surface area contributed by atoms with E-state index >= 15 is 0 Å². The molecular formula is C10H4F4N4. The number of nitrogens with one attached hydrogen (secondary N) is 1. The van der Waals surface area contributed by atoms with E-state index in [-0.39, 0.29) is 0 Å². The standard InChI is InChI=1S/C10H4F4N4/c11-9-7(10(12,13)14)2-1-3-8(9)18-17-6(4-15)5-16/h1-3,18H. The molecule has 0 saturated carbocycles. The highest BCUT2D eigenvalue weighted by Crippen LogP contribution is 2.33. The van der Waals surface area contributed by atoms with Gasteiger partial charge in [-0.1, -0.05) is 6.07 Å². The number of alkyl halides is 3. The molecule has 1 aromatic rings. The third-order valence-corrected chi connectivity index (χ3v) is 1.80. The Morgan fingerprint density at radius 2 is 1.83 bits per heavy atom. The first kappa shape index (κ1) is 13.5. The van der Waals surface area contributed by atoms with Crippen molar-refractivity contribution in [1.29, 1.82) is 10.5 Å². The van der Waals surface area contributed by atoms with Gasteiger partial charge in [0.25, 0.3) is 0 Å². The minimum atomic E-state index is -4.83. The molecule has 1 aromatic carbocycles. The predicted molar refractivity (Wildman–Crippen MR) is 53.7 cm³/mol. The molecule has 0 unspecified atom stereocenters. The smallest absolute Gasteiger partial charge is 0.274 e. The number of halogens is 4. The van der Waals surface area contributed by atoms with Gasteiger partial charge in [0.15, 0.2) is 5.82 Å². The molecule has 0 aliphatic rings. The van der Waals surface area contributed by atoms with Gasteiger partial charge in [-0.25, -0.2) is 4.39 Å². The third-order valence-electron chi connectivity index (χ3n) is 1.80. The molecule has 0 radical (unpaired) electrons. The summed E-state index contributed by atoms with van der Waals surface area (Å²) in [6.07, 6.45) is -4.83. The first-order valence-corrected chi connectivity index (χ1v) is 4.39. The second kappa shape index (κ2) is 5.15. The molecule has 0 saturated heterocycles. The minimum Gasteiger partial charge on any atom is -0.274 e. The summed E-state index contributed by atoms with van der Waals surface area (Å²) in [6.45, 7) is 0. The maximum atomic E-state index is 13.4. The maximum absolute atomic E-state index is 13.4. The van der Waals surface area contributed by atoms with Gasteiger partial charge in [-0.3, -0.25) is 5.43 Å². The summed E-state index contributed by atoms with van der Waals surface area (Å²) in [5, 5.41) is 19.8. The normalized spacial score (nSPS) is 10.1. The van der Waals surface area contributed by atoms with Crippen LogP contribution in [0, 0.1) is 28.5 Å². The molecule has 1 rings (SSSR count). The molecule has 1 N–H and O–H groups in total. The summed E-state index contributed by atoms with van der Waals surface area (Å²) >= 11 is 0. The lowest BCUT2D eigenvalue weighted by molar-refractivity contribution is -0.139. The molecule has 0 heterocycles. The zero-order valence-electron chi connectivity index (χ0n) is 8.59. The van der Waals surface area contributed by atoms with E-state index in [0.29, 0.717) is 6.07 Å². The minimum absolute atomic E-state index is 0.569. The van der Waals surface area contributed by atoms with Gasteiger partial charge in [0.2, 0.25) is 5.71 Å². The fourth-order valence-electron chi connectivity index (χ4n) is 1.03. The van der Waals surface area contributed by atoms with E-state index in [2.05, 4.69) is 5.10 Å². The molecule has 0 aliphatic carbocycles. The van der Waals surface area contributed by atoms with E-state index in [1.165, 1.54) is 12.1 Å². The van der Waals surface area contributed by atoms with Crippen molar-refractivity contribution in [3.05, 3.63) is 29.6 Å². The summed E-state index contributed by atoms with van der Waals surface area (Å²) in [4.78, 5) is 0. The number of nitrogens with zero attached hydrogens (tertiary/aromatic N) is 3. The first-order chi connectivity index (χ1) is 8.40. The van der Waals surface area contributed by atoms with Crippen LogP contribution in [-0.4, -0.2) is 5.71 Å². The molecule has 4 nitrogen and oxygen atoms in total. The Morgan fingerprint density at radius 1 is 1.22 bits per heavy atom. The molecule has 0 bridgehead atoms. The van der Waals surface area contributed by atoms with Crippen molar-refractivity contribution in [1.82, 2.24) is 0 Å². The predicted octanol–water partition coefficient (Wildman–Crippen LogP) is 2.66. The molecule has 0 amide bonds. The Morgan fingerprint density at radius 3 is 2.33 bits per heavy atom. The van der Waals surface area contributed by atoms with Gasteiger partial charge >= 0.3 is 6.18 Å². The fraction of sp³-hybridized carbons (Fsp3) is 0.100. The fourth-order valence-corrected chi connectivity index (χ4v) is 1.03. The highest BCUT2D eigenvalue weighted by Gasteiger charge is 2.34. The second-order valence-electron chi connectivity index (χ2n) is 2.96. The molecule has 0 aliphatic heterocycles. The first-order valence-electron chi connectivity index (χ1n) is 4.39. The van der Waals surface area contributed by atoms with Crippen LogP contribution >= 0.6 is 0 Å². The number of hydrogen-bond acceptors (Lipinski definition) is 4. The lowest BCUT2D eigenvalue weighted by atomic mass is 10.2. The van der Waals surface area contributed by atoms with Crippen LogP contribution in [0.15, 0.2) is 23.3 Å². The van der Waals surface area contributed by atoms with Gasteiger partial charge in [0, 0.05) is 0 Å². The molecule has 0 fully saturated rings. The summed E-state index contributed by atoms with van der Waals surface area (Å²) < 4.78 is 50.5. The van der Waals surface area contributed by atoms with Gasteiger partial charge in [-0.15, -0.1) is 0 Å². The van der Waals surface area contributed by atoms with Crippen molar-refractivity contribution in [2.45, 2.75) is 6.18 Å². The number of benzene rings is 1. The third kappa shape index (κ3) is 2.95. The van der Waals surface area contributed by atoms with Crippen molar-refractivity contribution < 1.29 is 17.6 Å². The summed E-state index contributed by atoms with van der Waals surface area (Å²) in [5.74, 6) is -1.55. The van der Waals surface area contributed by atoms with Crippen LogP contribution in [0.1, 0.15) is 5.56 Å². The highest BCUT2D eigenvalue weighted by molar-refractivity contribution is 6.10. The Hall–Kier alpha value is -2.61. The number of rotatable bonds is 2. The SMILES string of the molecule is N#CC(C#N)=NNc1cccc(C(F)(F)F)c1F. The van der Waals surface area contributed by atoms with Crippen molar-refractivity contribution in [3.8, 4) is 12.1 Å². The van der Waals surface area contributed by atoms with Crippen molar-refractivity contribution >= 4 is 11.4 Å². The highest BCUT2D eigenvalue weighted by atomic mass is 19.4. The van der Waals surface area contributed by atoms with E-state index < -0.39 is 29.0 Å². The van der Waals surface area contributed by atoms with E-state index in [1.807, 2.05) is 5.43 Å². The maximum Gasteiger partial charge on any atom is 0.419 e. The van der Waals surface area contributed by atoms with Crippen LogP contribution in [0.3, 0.4) is 0 Å². The van der Waals surface area contributed by atoms with Crippen molar-refractivity contribution in [3.63, 3.8) is 0 Å². The number of nitriles is 2. The monoisotopic (exact) mass is 256 g/mol. The molecular weight excluding hydrogens is 252 g/mol. The van der Waals surface area contributed by atoms with E-state index in [0.717, 1.165) is 12.1 Å². The van der Waals surface area contributed by atoms with Crippen LogP contribution in [0.5, 0.6) is 0 Å². The molecule has 18 heavy (non-hydrogen) atoms. The van der Waals surface area contributed by atoms with Crippen LogP contribution in [-0.2, 0) is 6.18 Å². The Bertz CT molecular complexity index is 547. The zero-order valence-corrected chi connectivity index (χ0v) is 8.59. The molecule has 0 atom stereocenters. The lowest BCUT2D eigenvalue weighted by Crippen LogP contribution is -2.09. The Kier molecular flexibility index (Phi) is 3.85. The van der Waals surface area contributed by atoms with Crippen molar-refractivity contribution in [2.75, 3.05) is 5.43 Å². The van der Waals surface area contributed by atoms with Crippen LogP contribution in [0.2, 0.25) is 0 Å². The number of hydrogen-bond donors (Lipinski definition) is 1. The van der Waals surface area contributed by atoms with E-state index in [1.54, 1.807) is 0 Å². The van der Waals surface area contributed by atoms with E-state index in [9.17, 15) is 17.6 Å². The van der Waals surface area contributed by atoms with Crippen LogP contribution < -0.4 is 5.43 Å². The van der Waals surface area contributed by atoms with Gasteiger partial charge in [0.1, 0.15) is 12.1 Å². The largest absolute Gasteiger partial charge is 0.419 e. The quantitative estimate of drug-likeness (QED) is 0.502. The average Bonchev–Trinajstić information content (AvgIpc) is 2.30. The lowest BCUT2D eigenvalue weighted by Gasteiger charge is -2.10. The second-order valence-corrected chi connectivity index (χ2v) is 2.96. The van der Waals surface area contributed by atoms with Gasteiger partial charge < -0.3 is 0 Å². The molecule has 92 valence electrons. The van der Waals surface area contributed by atoms with E-state index in [4.69, 9.17) is 10.5 Å². The van der Waals surface area contributed by atoms with Gasteiger partial charge in [0.05, 0.1) is 11.3 Å². The van der Waals surface area contributed by atoms with Crippen LogP contribution in [0.25, 0.3) is 0 Å². The van der Waals surface area contributed by atoms with Gasteiger partial charge in [-0.2, -0.15) is 28.8 Å². The number of hydrazone groups is 1. The molecule has 8 heteroatoms. The molecule has 0 aromatic heterocycles. The molecule has 0 spiro atoms. The summed E-state index contributed by atoms with van der Waals surface area (Å²) in [6, 6.07) is 5.28. The zero-order chi connectivity index (χ0) is 13.8. The summed E-state index contributed by atoms with van der Waals surface area (Å²) in [7, 11) is 0. The Labute approximate surface area is 98.8 Å². The van der Waals surface area contributed by atoms with Crippen LogP contribution in [0.4, 0.5) is 23.2 Å².